The number of benzene rings is 2. The lowest BCUT2D eigenvalue weighted by atomic mass is 10.0. The third-order valence-corrected chi connectivity index (χ3v) is 5.40. The molecule has 1 N–H and O–H groups in total. The van der Waals surface area contributed by atoms with Crippen LogP contribution in [0, 0.1) is 25.2 Å². The number of allylic oxidation sites excluding steroid dienone is 1. The molecule has 170 valence electrons. The van der Waals surface area contributed by atoms with Crippen molar-refractivity contribution >= 4 is 23.5 Å². The summed E-state index contributed by atoms with van der Waals surface area (Å²) >= 11 is 0. The monoisotopic (exact) mass is 461 g/mol. The van der Waals surface area contributed by atoms with E-state index in [0.29, 0.717) is 45.7 Å². The van der Waals surface area contributed by atoms with Gasteiger partial charge in [0.15, 0.2) is 5.76 Å². The van der Waals surface area contributed by atoms with E-state index in [2.05, 4.69) is 26.3 Å². The van der Waals surface area contributed by atoms with Gasteiger partial charge in [0.2, 0.25) is 17.6 Å². The lowest BCUT2D eigenvalue weighted by Crippen LogP contribution is -2.00. The van der Waals surface area contributed by atoms with Crippen molar-refractivity contribution in [1.29, 1.82) is 5.26 Å². The Bertz CT molecular complexity index is 1510. The van der Waals surface area contributed by atoms with Crippen LogP contribution < -0.4 is 14.8 Å². The Labute approximate surface area is 201 Å². The third-order valence-electron chi connectivity index (χ3n) is 5.40. The molecule has 0 amide bonds. The van der Waals surface area contributed by atoms with Crippen LogP contribution in [0.25, 0.3) is 6.08 Å². The van der Waals surface area contributed by atoms with Crippen molar-refractivity contribution in [1.82, 2.24) is 15.0 Å². The summed E-state index contributed by atoms with van der Waals surface area (Å²) in [5.74, 6) is 1.71. The maximum absolute atomic E-state index is 12.9. The molecule has 2 aromatic heterocycles. The van der Waals surface area contributed by atoms with Crippen molar-refractivity contribution in [3.8, 4) is 23.4 Å². The molecule has 8 heteroatoms. The minimum atomic E-state index is -0.195. The summed E-state index contributed by atoms with van der Waals surface area (Å²) in [6.45, 7) is 3.71. The van der Waals surface area contributed by atoms with E-state index in [-0.39, 0.29) is 11.5 Å². The number of Topliss-reactive ketones (excluding diaryl/α,β-unsaturated/α-hetero) is 1. The highest BCUT2D eigenvalue weighted by Crippen LogP contribution is 2.42. The van der Waals surface area contributed by atoms with E-state index in [9.17, 15) is 4.79 Å². The standard InChI is InChI=1S/C27H19N5O3/c1-16-13-21-24(33)22(14-20-5-3-4-11-29-20)34-26(21)17(2)25(16)35-23-10-12-30-27(32-23)31-19-8-6-18(15-28)7-9-19/h3-14H,1-2H3,(H,30,31,32)/b22-14-. The van der Waals surface area contributed by atoms with Gasteiger partial charge in [-0.05, 0) is 61.9 Å². The van der Waals surface area contributed by atoms with Gasteiger partial charge in [-0.1, -0.05) is 6.07 Å². The smallest absolute Gasteiger partial charge is 0.232 e. The summed E-state index contributed by atoms with van der Waals surface area (Å²) < 4.78 is 12.0. The number of nitrogens with zero attached hydrogens (tertiary/aromatic N) is 4. The zero-order chi connectivity index (χ0) is 24.4. The predicted molar refractivity (Wildman–Crippen MR) is 130 cm³/mol. The van der Waals surface area contributed by atoms with Gasteiger partial charge in [0.05, 0.1) is 22.9 Å². The summed E-state index contributed by atoms with van der Waals surface area (Å²) in [4.78, 5) is 25.8. The van der Waals surface area contributed by atoms with Crippen LogP contribution in [-0.4, -0.2) is 20.7 Å². The van der Waals surface area contributed by atoms with Crippen LogP contribution in [0.5, 0.6) is 17.4 Å². The summed E-state index contributed by atoms with van der Waals surface area (Å²) in [7, 11) is 0. The van der Waals surface area contributed by atoms with Crippen molar-refractivity contribution in [3.05, 3.63) is 101 Å². The molecule has 0 spiro atoms. The predicted octanol–water partition coefficient (Wildman–Crippen LogP) is 5.51. The molecule has 0 saturated carbocycles. The van der Waals surface area contributed by atoms with Crippen LogP contribution in [0.4, 0.5) is 11.6 Å². The SMILES string of the molecule is Cc1cc2c(c(C)c1Oc1ccnc(Nc3ccc(C#N)cc3)n1)O/C(=C\c1ccccn1)C2=O. The number of hydrogen-bond donors (Lipinski definition) is 1. The molecule has 0 saturated heterocycles. The highest BCUT2D eigenvalue weighted by atomic mass is 16.5. The quantitative estimate of drug-likeness (QED) is 0.387. The first-order chi connectivity index (χ1) is 17.0. The number of aromatic nitrogens is 3. The van der Waals surface area contributed by atoms with Gasteiger partial charge in [-0.25, -0.2) is 4.98 Å². The van der Waals surface area contributed by atoms with E-state index in [1.165, 1.54) is 0 Å². The molecule has 4 aromatic rings. The van der Waals surface area contributed by atoms with Gasteiger partial charge in [0, 0.05) is 35.8 Å². The Morgan fingerprint density at radius 3 is 2.63 bits per heavy atom. The average Bonchev–Trinajstić information content (AvgIpc) is 3.18. The van der Waals surface area contributed by atoms with Crippen LogP contribution >= 0.6 is 0 Å². The Morgan fingerprint density at radius 1 is 1.06 bits per heavy atom. The fourth-order valence-corrected chi connectivity index (χ4v) is 3.71. The number of fused-ring (bicyclic) bond motifs is 1. The molecule has 1 aliphatic rings. The molecule has 3 heterocycles. The molecule has 0 bridgehead atoms. The van der Waals surface area contributed by atoms with Gasteiger partial charge in [0.1, 0.15) is 11.5 Å². The zero-order valence-electron chi connectivity index (χ0n) is 18.9. The van der Waals surface area contributed by atoms with Gasteiger partial charge in [-0.3, -0.25) is 9.78 Å². The number of carbonyl (C=O) groups is 1. The summed E-state index contributed by atoms with van der Waals surface area (Å²) in [6.07, 6.45) is 4.87. The number of pyridine rings is 1. The second-order valence-corrected chi connectivity index (χ2v) is 7.85. The third kappa shape index (κ3) is 4.43. The maximum Gasteiger partial charge on any atom is 0.232 e. The molecule has 0 unspecified atom stereocenters. The van der Waals surface area contributed by atoms with E-state index >= 15 is 0 Å². The Morgan fingerprint density at radius 2 is 1.89 bits per heavy atom. The molecule has 0 radical (unpaired) electrons. The van der Waals surface area contributed by atoms with Crippen LogP contribution in [-0.2, 0) is 0 Å². The zero-order valence-corrected chi connectivity index (χ0v) is 18.9. The number of nitriles is 1. The largest absolute Gasteiger partial charge is 0.452 e. The van der Waals surface area contributed by atoms with E-state index in [4.69, 9.17) is 14.7 Å². The number of nitrogens with one attached hydrogen (secondary N) is 1. The number of carbonyl (C=O) groups excluding carboxylic acids is 1. The lowest BCUT2D eigenvalue weighted by molar-refractivity contribution is 0.101. The highest BCUT2D eigenvalue weighted by Gasteiger charge is 2.31. The van der Waals surface area contributed by atoms with Crippen LogP contribution in [0.15, 0.2) is 72.8 Å². The molecule has 0 atom stereocenters. The molecule has 8 nitrogen and oxygen atoms in total. The minimum absolute atomic E-state index is 0.195. The summed E-state index contributed by atoms with van der Waals surface area (Å²) in [5.41, 5.74) is 3.90. The molecular formula is C27H19N5O3. The summed E-state index contributed by atoms with van der Waals surface area (Å²) in [6, 6.07) is 17.9. The minimum Gasteiger partial charge on any atom is -0.452 e. The number of anilines is 2. The number of ketones is 1. The van der Waals surface area contributed by atoms with Crippen molar-refractivity contribution in [2.45, 2.75) is 13.8 Å². The van der Waals surface area contributed by atoms with Crippen molar-refractivity contribution in [2.75, 3.05) is 5.32 Å². The van der Waals surface area contributed by atoms with E-state index in [1.807, 2.05) is 26.0 Å². The first kappa shape index (κ1) is 21.8. The van der Waals surface area contributed by atoms with Crippen LogP contribution in [0.3, 0.4) is 0 Å². The number of hydrogen-bond acceptors (Lipinski definition) is 8. The van der Waals surface area contributed by atoms with Gasteiger partial charge in [-0.2, -0.15) is 10.2 Å². The number of ether oxygens (including phenoxy) is 2. The normalized spacial score (nSPS) is 13.2. The first-order valence-electron chi connectivity index (χ1n) is 10.8. The molecule has 2 aromatic carbocycles. The molecule has 1 aliphatic heterocycles. The van der Waals surface area contributed by atoms with Crippen LogP contribution in [0.1, 0.15) is 32.7 Å². The van der Waals surface area contributed by atoms with Gasteiger partial charge < -0.3 is 14.8 Å². The van der Waals surface area contributed by atoms with E-state index in [1.54, 1.807) is 60.9 Å². The second-order valence-electron chi connectivity index (χ2n) is 7.85. The Balaban J connectivity index is 1.40. The number of rotatable bonds is 5. The van der Waals surface area contributed by atoms with E-state index < -0.39 is 0 Å². The number of aryl methyl sites for hydroxylation is 1. The fourth-order valence-electron chi connectivity index (χ4n) is 3.71. The van der Waals surface area contributed by atoms with Crippen molar-refractivity contribution in [2.24, 2.45) is 0 Å². The second kappa shape index (κ2) is 9.08. The van der Waals surface area contributed by atoms with Gasteiger partial charge in [-0.15, -0.1) is 0 Å². The van der Waals surface area contributed by atoms with Gasteiger partial charge >= 0.3 is 0 Å². The van der Waals surface area contributed by atoms with Crippen molar-refractivity contribution < 1.29 is 14.3 Å². The molecule has 0 fully saturated rings. The van der Waals surface area contributed by atoms with Crippen molar-refractivity contribution in [3.63, 3.8) is 0 Å². The van der Waals surface area contributed by atoms with Gasteiger partial charge in [0.25, 0.3) is 0 Å². The highest BCUT2D eigenvalue weighted by molar-refractivity contribution is 6.15. The lowest BCUT2D eigenvalue weighted by Gasteiger charge is -2.14. The Hall–Kier alpha value is -5.03. The molecule has 0 aliphatic carbocycles. The topological polar surface area (TPSA) is 110 Å². The average molecular weight is 461 g/mol. The maximum atomic E-state index is 12.9. The molecular weight excluding hydrogens is 442 g/mol. The molecule has 5 rings (SSSR count). The van der Waals surface area contributed by atoms with E-state index in [0.717, 1.165) is 11.3 Å². The molecule has 35 heavy (non-hydrogen) atoms. The first-order valence-corrected chi connectivity index (χ1v) is 10.8. The Kier molecular flexibility index (Phi) is 5.65. The fraction of sp³-hybridized carbons (Fsp3) is 0.0741. The summed E-state index contributed by atoms with van der Waals surface area (Å²) in [5, 5.41) is 12.0. The van der Waals surface area contributed by atoms with Crippen LogP contribution in [0.2, 0.25) is 0 Å².